The van der Waals surface area contributed by atoms with Crippen molar-refractivity contribution in [2.75, 3.05) is 31.6 Å². The Morgan fingerprint density at radius 3 is 2.59 bits per heavy atom. The largest absolute Gasteiger partial charge is 0.488 e. The number of benzene rings is 1. The standard InChI is InChI=1S/C21H29F2N3O3/c1-20(2,3)25-18(27)10-26-12-21(13-26)8-14(9-21)19(28)24-15-5-4-6-16(7-15)29-11-17(22)23/h4-7,14,17H,8-13H2,1-3H3,(H,24,28)(H,25,27). The van der Waals surface area contributed by atoms with Crippen LogP contribution >= 0.6 is 0 Å². The number of nitrogens with zero attached hydrogens (tertiary/aromatic N) is 1. The maximum atomic E-state index is 12.5. The van der Waals surface area contributed by atoms with Gasteiger partial charge in [-0.3, -0.25) is 14.5 Å². The lowest BCUT2D eigenvalue weighted by molar-refractivity contribution is -0.144. The van der Waals surface area contributed by atoms with Crippen LogP contribution in [0.1, 0.15) is 33.6 Å². The molecule has 0 bridgehead atoms. The lowest BCUT2D eigenvalue weighted by Gasteiger charge is -2.58. The number of carbonyl (C=O) groups is 2. The number of amides is 2. The second-order valence-electron chi connectivity index (χ2n) is 9.27. The fourth-order valence-corrected chi connectivity index (χ4v) is 4.17. The van der Waals surface area contributed by atoms with Crippen LogP contribution in [0.5, 0.6) is 5.75 Å². The zero-order chi connectivity index (χ0) is 21.2. The molecule has 1 heterocycles. The van der Waals surface area contributed by atoms with Crippen LogP contribution in [0.25, 0.3) is 0 Å². The van der Waals surface area contributed by atoms with Crippen LogP contribution in [0.3, 0.4) is 0 Å². The molecule has 1 aliphatic carbocycles. The Morgan fingerprint density at radius 1 is 1.28 bits per heavy atom. The molecule has 1 aromatic rings. The molecule has 2 fully saturated rings. The van der Waals surface area contributed by atoms with Crippen molar-refractivity contribution in [3.8, 4) is 5.75 Å². The molecule has 160 valence electrons. The van der Waals surface area contributed by atoms with Crippen molar-refractivity contribution in [3.05, 3.63) is 24.3 Å². The zero-order valence-corrected chi connectivity index (χ0v) is 17.1. The number of rotatable bonds is 7. The van der Waals surface area contributed by atoms with E-state index >= 15 is 0 Å². The fraction of sp³-hybridized carbons (Fsp3) is 0.619. The van der Waals surface area contributed by atoms with E-state index in [9.17, 15) is 18.4 Å². The first-order chi connectivity index (χ1) is 13.5. The summed E-state index contributed by atoms with van der Waals surface area (Å²) in [4.78, 5) is 26.6. The van der Waals surface area contributed by atoms with Crippen LogP contribution < -0.4 is 15.4 Å². The van der Waals surface area contributed by atoms with Crippen molar-refractivity contribution in [2.45, 2.75) is 45.6 Å². The molecule has 0 unspecified atom stereocenters. The Labute approximate surface area is 170 Å². The lowest BCUT2D eigenvalue weighted by atomic mass is 9.57. The third-order valence-corrected chi connectivity index (χ3v) is 5.21. The Morgan fingerprint density at radius 2 is 1.97 bits per heavy atom. The quantitative estimate of drug-likeness (QED) is 0.727. The molecule has 2 N–H and O–H groups in total. The molecule has 8 heteroatoms. The van der Waals surface area contributed by atoms with E-state index in [1.807, 2.05) is 20.8 Å². The molecule has 1 saturated heterocycles. The molecule has 0 atom stereocenters. The number of halogens is 2. The molecule has 0 aromatic heterocycles. The van der Waals surface area contributed by atoms with Crippen molar-refractivity contribution in [1.82, 2.24) is 10.2 Å². The van der Waals surface area contributed by atoms with E-state index in [1.54, 1.807) is 24.3 Å². The number of ether oxygens (including phenoxy) is 1. The number of hydrogen-bond acceptors (Lipinski definition) is 4. The smallest absolute Gasteiger partial charge is 0.272 e. The van der Waals surface area contributed by atoms with Gasteiger partial charge in [-0.1, -0.05) is 6.07 Å². The summed E-state index contributed by atoms with van der Waals surface area (Å²) in [5, 5.41) is 5.80. The maximum Gasteiger partial charge on any atom is 0.272 e. The fourth-order valence-electron chi connectivity index (χ4n) is 4.17. The van der Waals surface area contributed by atoms with Crippen molar-refractivity contribution in [2.24, 2.45) is 11.3 Å². The van der Waals surface area contributed by atoms with Crippen LogP contribution in [-0.4, -0.2) is 54.9 Å². The van der Waals surface area contributed by atoms with Crippen LogP contribution in [0, 0.1) is 11.3 Å². The number of alkyl halides is 2. The van der Waals surface area contributed by atoms with Crippen LogP contribution in [0.15, 0.2) is 24.3 Å². The molecule has 1 spiro atoms. The first-order valence-electron chi connectivity index (χ1n) is 9.89. The van der Waals surface area contributed by atoms with Gasteiger partial charge < -0.3 is 15.4 Å². The predicted molar refractivity (Wildman–Crippen MR) is 106 cm³/mol. The SMILES string of the molecule is CC(C)(C)NC(=O)CN1CC2(CC(C(=O)Nc3cccc(OCC(F)F)c3)C2)C1. The Hall–Kier alpha value is -2.22. The van der Waals surface area contributed by atoms with E-state index in [-0.39, 0.29) is 28.7 Å². The van der Waals surface area contributed by atoms with Gasteiger partial charge in [0.05, 0.1) is 6.54 Å². The van der Waals surface area contributed by atoms with Gasteiger partial charge in [0, 0.05) is 36.3 Å². The summed E-state index contributed by atoms with van der Waals surface area (Å²) < 4.78 is 29.5. The van der Waals surface area contributed by atoms with E-state index < -0.39 is 13.0 Å². The summed E-state index contributed by atoms with van der Waals surface area (Å²) >= 11 is 0. The number of anilines is 1. The van der Waals surface area contributed by atoms with Gasteiger partial charge >= 0.3 is 0 Å². The number of likely N-dealkylation sites (tertiary alicyclic amines) is 1. The van der Waals surface area contributed by atoms with Gasteiger partial charge in [0.25, 0.3) is 6.43 Å². The van der Waals surface area contributed by atoms with Crippen LogP contribution in [0.2, 0.25) is 0 Å². The Balaban J connectivity index is 1.40. The predicted octanol–water partition coefficient (Wildman–Crippen LogP) is 2.90. The van der Waals surface area contributed by atoms with Gasteiger partial charge in [-0.25, -0.2) is 8.78 Å². The summed E-state index contributed by atoms with van der Waals surface area (Å²) in [6.45, 7) is 7.26. The van der Waals surface area contributed by atoms with Gasteiger partial charge in [-0.2, -0.15) is 0 Å². The Kier molecular flexibility index (Phi) is 6.12. The molecule has 1 aromatic carbocycles. The summed E-state index contributed by atoms with van der Waals surface area (Å²) in [5.74, 6) is 0.197. The van der Waals surface area contributed by atoms with E-state index in [4.69, 9.17) is 4.74 Å². The average molecular weight is 409 g/mol. The highest BCUT2D eigenvalue weighted by atomic mass is 19.3. The van der Waals surface area contributed by atoms with Crippen molar-refractivity contribution in [3.63, 3.8) is 0 Å². The summed E-state index contributed by atoms with van der Waals surface area (Å²) in [6.07, 6.45) is -0.934. The van der Waals surface area contributed by atoms with Gasteiger partial charge in [0.2, 0.25) is 11.8 Å². The number of nitrogens with one attached hydrogen (secondary N) is 2. The first-order valence-corrected chi connectivity index (χ1v) is 9.89. The molecule has 1 saturated carbocycles. The van der Waals surface area contributed by atoms with E-state index in [0.717, 1.165) is 25.9 Å². The highest BCUT2D eigenvalue weighted by molar-refractivity contribution is 5.93. The summed E-state index contributed by atoms with van der Waals surface area (Å²) in [6, 6.07) is 6.49. The van der Waals surface area contributed by atoms with Crippen LogP contribution in [-0.2, 0) is 9.59 Å². The van der Waals surface area contributed by atoms with Gasteiger partial charge in [0.1, 0.15) is 12.4 Å². The minimum atomic E-state index is -2.54. The molecule has 0 radical (unpaired) electrons. The zero-order valence-electron chi connectivity index (χ0n) is 17.1. The molecule has 6 nitrogen and oxygen atoms in total. The second kappa shape index (κ2) is 8.26. The highest BCUT2D eigenvalue weighted by Crippen LogP contribution is 2.52. The van der Waals surface area contributed by atoms with E-state index in [0.29, 0.717) is 18.0 Å². The maximum absolute atomic E-state index is 12.5. The topological polar surface area (TPSA) is 70.7 Å². The molecular formula is C21H29F2N3O3. The van der Waals surface area contributed by atoms with Gasteiger partial charge in [-0.15, -0.1) is 0 Å². The highest BCUT2D eigenvalue weighted by Gasteiger charge is 2.54. The third kappa shape index (κ3) is 5.88. The number of carbonyl (C=O) groups excluding carboxylic acids is 2. The summed E-state index contributed by atoms with van der Waals surface area (Å²) in [7, 11) is 0. The molecule has 29 heavy (non-hydrogen) atoms. The minimum absolute atomic E-state index is 0.0231. The molecular weight excluding hydrogens is 380 g/mol. The van der Waals surface area contributed by atoms with Gasteiger partial charge in [-0.05, 0) is 51.2 Å². The van der Waals surface area contributed by atoms with E-state index in [2.05, 4.69) is 15.5 Å². The minimum Gasteiger partial charge on any atom is -0.488 e. The van der Waals surface area contributed by atoms with E-state index in [1.165, 1.54) is 0 Å². The first kappa shape index (κ1) is 21.5. The Bertz CT molecular complexity index is 750. The number of hydrogen-bond donors (Lipinski definition) is 2. The average Bonchev–Trinajstić information content (AvgIpc) is 2.52. The second-order valence-corrected chi connectivity index (χ2v) is 9.27. The lowest BCUT2D eigenvalue weighted by Crippen LogP contribution is -2.65. The van der Waals surface area contributed by atoms with Crippen LogP contribution in [0.4, 0.5) is 14.5 Å². The third-order valence-electron chi connectivity index (χ3n) is 5.21. The molecule has 1 aliphatic heterocycles. The van der Waals surface area contributed by atoms with Gasteiger partial charge in [0.15, 0.2) is 0 Å². The molecule has 2 aliphatic rings. The molecule has 2 amide bonds. The summed E-state index contributed by atoms with van der Waals surface area (Å²) in [5.41, 5.74) is 0.449. The van der Waals surface area contributed by atoms with Crippen molar-refractivity contribution >= 4 is 17.5 Å². The van der Waals surface area contributed by atoms with Crippen molar-refractivity contribution in [1.29, 1.82) is 0 Å². The molecule has 3 rings (SSSR count). The normalized spacial score (nSPS) is 18.8. The van der Waals surface area contributed by atoms with Crippen molar-refractivity contribution < 1.29 is 23.1 Å². The monoisotopic (exact) mass is 409 g/mol.